The first-order chi connectivity index (χ1) is 4.41. The predicted octanol–water partition coefficient (Wildman–Crippen LogP) is 2.00. The van der Waals surface area contributed by atoms with E-state index in [9.17, 15) is 0 Å². The van der Waals surface area contributed by atoms with E-state index in [4.69, 9.17) is 11.6 Å². The summed E-state index contributed by atoms with van der Waals surface area (Å²) >= 11 is 5.49. The molecule has 56 valence electrons. The van der Waals surface area contributed by atoms with Gasteiger partial charge >= 0.3 is 0 Å². The molecule has 2 heteroatoms. The van der Waals surface area contributed by atoms with Gasteiger partial charge in [-0.25, -0.2) is 0 Å². The zero-order chi connectivity index (χ0) is 6.95. The molecule has 0 rings (SSSR count). The third kappa shape index (κ3) is 8.25. The van der Waals surface area contributed by atoms with Crippen LogP contribution < -0.4 is 5.32 Å². The van der Waals surface area contributed by atoms with E-state index < -0.39 is 0 Å². The first kappa shape index (κ1) is 9.25. The lowest BCUT2D eigenvalue weighted by Gasteiger charge is -1.99. The number of nitrogens with one attached hydrogen (secondary N) is 1. The molecule has 0 saturated heterocycles. The summed E-state index contributed by atoms with van der Waals surface area (Å²) in [4.78, 5) is 0. The molecule has 0 bridgehead atoms. The summed E-state index contributed by atoms with van der Waals surface area (Å²) in [6.45, 7) is 4.44. The van der Waals surface area contributed by atoms with Gasteiger partial charge in [-0.15, -0.1) is 11.6 Å². The number of halogens is 1. The molecule has 0 spiro atoms. The van der Waals surface area contributed by atoms with Crippen molar-refractivity contribution in [2.24, 2.45) is 0 Å². The minimum Gasteiger partial charge on any atom is -0.317 e. The molecule has 0 aromatic rings. The Bertz CT molecular complexity index is 42.2. The Morgan fingerprint density at radius 3 is 2.56 bits per heavy atom. The van der Waals surface area contributed by atoms with Crippen molar-refractivity contribution in [1.82, 2.24) is 5.32 Å². The van der Waals surface area contributed by atoms with Gasteiger partial charge in [0.05, 0.1) is 0 Å². The van der Waals surface area contributed by atoms with Gasteiger partial charge in [0.2, 0.25) is 0 Å². The van der Waals surface area contributed by atoms with Gasteiger partial charge in [-0.1, -0.05) is 6.92 Å². The topological polar surface area (TPSA) is 12.0 Å². The summed E-state index contributed by atoms with van der Waals surface area (Å²) in [6, 6.07) is 0. The lowest BCUT2D eigenvalue weighted by molar-refractivity contribution is 0.634. The average Bonchev–Trinajstić information content (AvgIpc) is 1.89. The molecule has 0 aliphatic heterocycles. The van der Waals surface area contributed by atoms with Crippen LogP contribution in [-0.2, 0) is 0 Å². The molecular formula is C7H16ClN. The fourth-order valence-corrected chi connectivity index (χ4v) is 0.835. The fourth-order valence-electron chi connectivity index (χ4n) is 0.646. The number of unbranched alkanes of at least 4 members (excludes halogenated alkanes) is 1. The molecule has 0 atom stereocenters. The summed E-state index contributed by atoms with van der Waals surface area (Å²) in [5.41, 5.74) is 0. The first-order valence-electron chi connectivity index (χ1n) is 3.68. The van der Waals surface area contributed by atoms with E-state index in [1.54, 1.807) is 0 Å². The number of alkyl halides is 1. The minimum atomic E-state index is 0.799. The van der Waals surface area contributed by atoms with Gasteiger partial charge in [-0.3, -0.25) is 0 Å². The monoisotopic (exact) mass is 149 g/mol. The number of hydrogen-bond donors (Lipinski definition) is 1. The second-order valence-electron chi connectivity index (χ2n) is 2.15. The van der Waals surface area contributed by atoms with Crippen molar-refractivity contribution < 1.29 is 0 Å². The van der Waals surface area contributed by atoms with Gasteiger partial charge in [0.1, 0.15) is 0 Å². The van der Waals surface area contributed by atoms with E-state index in [2.05, 4.69) is 12.2 Å². The lowest BCUT2D eigenvalue weighted by Crippen LogP contribution is -2.15. The van der Waals surface area contributed by atoms with Crippen LogP contribution in [0.25, 0.3) is 0 Å². The van der Waals surface area contributed by atoms with Gasteiger partial charge in [-0.05, 0) is 32.4 Å². The molecule has 0 saturated carbocycles. The summed E-state index contributed by atoms with van der Waals surface area (Å²) in [7, 11) is 0. The highest BCUT2D eigenvalue weighted by molar-refractivity contribution is 6.17. The van der Waals surface area contributed by atoms with Crippen LogP contribution in [0.4, 0.5) is 0 Å². The first-order valence-corrected chi connectivity index (χ1v) is 4.22. The number of rotatable bonds is 6. The second-order valence-corrected chi connectivity index (χ2v) is 2.52. The maximum Gasteiger partial charge on any atom is 0.0223 e. The average molecular weight is 150 g/mol. The van der Waals surface area contributed by atoms with Crippen LogP contribution in [0.2, 0.25) is 0 Å². The Labute approximate surface area is 62.8 Å². The van der Waals surface area contributed by atoms with E-state index >= 15 is 0 Å². The molecule has 1 nitrogen and oxygen atoms in total. The van der Waals surface area contributed by atoms with E-state index in [0.29, 0.717) is 0 Å². The summed E-state index contributed by atoms with van der Waals surface area (Å²) in [5, 5.41) is 3.31. The van der Waals surface area contributed by atoms with Crippen molar-refractivity contribution in [2.45, 2.75) is 26.2 Å². The molecule has 0 aliphatic carbocycles. The molecule has 0 aromatic carbocycles. The largest absolute Gasteiger partial charge is 0.317 e. The summed E-state index contributed by atoms with van der Waals surface area (Å²) < 4.78 is 0. The van der Waals surface area contributed by atoms with Crippen molar-refractivity contribution in [3.05, 3.63) is 0 Å². The van der Waals surface area contributed by atoms with Crippen molar-refractivity contribution in [1.29, 1.82) is 0 Å². The van der Waals surface area contributed by atoms with E-state index in [1.807, 2.05) is 0 Å². The third-order valence-electron chi connectivity index (χ3n) is 1.16. The maximum atomic E-state index is 5.49. The molecule has 1 N–H and O–H groups in total. The van der Waals surface area contributed by atoms with E-state index in [1.165, 1.54) is 12.8 Å². The molecule has 0 fully saturated rings. The highest BCUT2D eigenvalue weighted by atomic mass is 35.5. The predicted molar refractivity (Wildman–Crippen MR) is 43.1 cm³/mol. The van der Waals surface area contributed by atoms with Crippen LogP contribution in [0.5, 0.6) is 0 Å². The Kier molecular flexibility index (Phi) is 8.48. The van der Waals surface area contributed by atoms with Crippen LogP contribution in [-0.4, -0.2) is 19.0 Å². The fraction of sp³-hybridized carbons (Fsp3) is 1.00. The highest BCUT2D eigenvalue weighted by Crippen LogP contribution is 1.88. The SMILES string of the molecule is CCCNCCCCCl. The molecule has 0 aromatic heterocycles. The Morgan fingerprint density at radius 2 is 2.00 bits per heavy atom. The molecule has 0 unspecified atom stereocenters. The van der Waals surface area contributed by atoms with Crippen molar-refractivity contribution in [3.63, 3.8) is 0 Å². The van der Waals surface area contributed by atoms with Crippen molar-refractivity contribution in [2.75, 3.05) is 19.0 Å². The molecule has 0 aliphatic rings. The smallest absolute Gasteiger partial charge is 0.0223 e. The van der Waals surface area contributed by atoms with Crippen LogP contribution in [0, 0.1) is 0 Å². The van der Waals surface area contributed by atoms with Crippen LogP contribution in [0.15, 0.2) is 0 Å². The molecular weight excluding hydrogens is 134 g/mol. The summed E-state index contributed by atoms with van der Waals surface area (Å²) in [5.74, 6) is 0.799. The van der Waals surface area contributed by atoms with Crippen molar-refractivity contribution >= 4 is 11.6 Å². The standard InChI is InChI=1S/C7H16ClN/c1-2-6-9-7-4-3-5-8/h9H,2-7H2,1H3. The maximum absolute atomic E-state index is 5.49. The minimum absolute atomic E-state index is 0.799. The van der Waals surface area contributed by atoms with E-state index in [-0.39, 0.29) is 0 Å². The van der Waals surface area contributed by atoms with Crippen LogP contribution in [0.1, 0.15) is 26.2 Å². The Balaban J connectivity index is 2.60. The highest BCUT2D eigenvalue weighted by Gasteiger charge is 1.84. The molecule has 0 amide bonds. The second kappa shape index (κ2) is 8.25. The quantitative estimate of drug-likeness (QED) is 0.450. The molecule has 9 heavy (non-hydrogen) atoms. The Hall–Kier alpha value is 0.250. The zero-order valence-electron chi connectivity index (χ0n) is 6.12. The molecule has 0 radical (unpaired) electrons. The summed E-state index contributed by atoms with van der Waals surface area (Å²) in [6.07, 6.45) is 3.57. The van der Waals surface area contributed by atoms with Crippen LogP contribution in [0.3, 0.4) is 0 Å². The number of hydrogen-bond acceptors (Lipinski definition) is 1. The van der Waals surface area contributed by atoms with Gasteiger partial charge < -0.3 is 5.32 Å². The molecule has 0 heterocycles. The van der Waals surface area contributed by atoms with Gasteiger partial charge in [0.15, 0.2) is 0 Å². The van der Waals surface area contributed by atoms with Gasteiger partial charge in [-0.2, -0.15) is 0 Å². The van der Waals surface area contributed by atoms with Gasteiger partial charge in [0, 0.05) is 5.88 Å². The van der Waals surface area contributed by atoms with Crippen molar-refractivity contribution in [3.8, 4) is 0 Å². The lowest BCUT2D eigenvalue weighted by atomic mass is 10.3. The van der Waals surface area contributed by atoms with Gasteiger partial charge in [0.25, 0.3) is 0 Å². The third-order valence-corrected chi connectivity index (χ3v) is 1.43. The normalized spacial score (nSPS) is 10.0. The zero-order valence-corrected chi connectivity index (χ0v) is 6.88. The van der Waals surface area contributed by atoms with E-state index in [0.717, 1.165) is 25.4 Å². The van der Waals surface area contributed by atoms with Crippen LogP contribution >= 0.6 is 11.6 Å². The Morgan fingerprint density at radius 1 is 1.22 bits per heavy atom.